The van der Waals surface area contributed by atoms with E-state index in [1.165, 1.54) is 8.82 Å². The quantitative estimate of drug-likeness (QED) is 0.767. The molecular weight excluding hydrogens is 320 g/mol. The number of piperidine rings is 1. The summed E-state index contributed by atoms with van der Waals surface area (Å²) >= 11 is 0. The van der Waals surface area contributed by atoms with E-state index in [1.54, 1.807) is 18.5 Å². The molecule has 2 N–H and O–H groups in total. The number of fused-ring (bicyclic) bond motifs is 1. The maximum absolute atomic E-state index is 11.5. The van der Waals surface area contributed by atoms with E-state index in [4.69, 9.17) is 5.26 Å². The van der Waals surface area contributed by atoms with Gasteiger partial charge in [-0.1, -0.05) is 0 Å². The number of aromatic nitrogens is 3. The lowest BCUT2D eigenvalue weighted by Crippen LogP contribution is -2.51. The van der Waals surface area contributed by atoms with Gasteiger partial charge in [0.2, 0.25) is 16.0 Å². The molecular formula is C13H16N6O3S. The van der Waals surface area contributed by atoms with Crippen LogP contribution in [0, 0.1) is 11.3 Å². The van der Waals surface area contributed by atoms with Crippen molar-refractivity contribution in [2.24, 2.45) is 0 Å². The highest BCUT2D eigenvalue weighted by Crippen LogP contribution is 2.17. The smallest absolute Gasteiger partial charge is 0.241 e. The second-order valence-corrected chi connectivity index (χ2v) is 7.50. The van der Waals surface area contributed by atoms with Crippen molar-refractivity contribution in [3.8, 4) is 6.07 Å². The van der Waals surface area contributed by atoms with Crippen molar-refractivity contribution in [3.05, 3.63) is 24.0 Å². The second-order valence-electron chi connectivity index (χ2n) is 5.52. The van der Waals surface area contributed by atoms with E-state index >= 15 is 0 Å². The van der Waals surface area contributed by atoms with Crippen LogP contribution in [0.25, 0.3) is 5.52 Å². The number of nitriles is 1. The Hall–Kier alpha value is -2.22. The van der Waals surface area contributed by atoms with Crippen LogP contribution in [0.1, 0.15) is 12.0 Å². The Morgan fingerprint density at radius 2 is 2.30 bits per heavy atom. The molecule has 0 spiro atoms. The minimum absolute atomic E-state index is 0.0425. The molecule has 2 aromatic heterocycles. The molecule has 3 heterocycles. The van der Waals surface area contributed by atoms with Crippen LogP contribution in [0.3, 0.4) is 0 Å². The van der Waals surface area contributed by atoms with E-state index in [0.29, 0.717) is 30.0 Å². The van der Waals surface area contributed by atoms with Gasteiger partial charge >= 0.3 is 0 Å². The topological polar surface area (TPSA) is 124 Å². The fourth-order valence-electron chi connectivity index (χ4n) is 2.57. The summed E-state index contributed by atoms with van der Waals surface area (Å²) in [7, 11) is -3.30. The highest BCUT2D eigenvalue weighted by Gasteiger charge is 2.32. The molecule has 2 unspecified atom stereocenters. The lowest BCUT2D eigenvalue weighted by molar-refractivity contribution is 0.0950. The molecule has 0 amide bonds. The van der Waals surface area contributed by atoms with Crippen molar-refractivity contribution < 1.29 is 13.5 Å². The summed E-state index contributed by atoms with van der Waals surface area (Å²) in [6.07, 6.45) is 3.89. The van der Waals surface area contributed by atoms with Crippen LogP contribution >= 0.6 is 0 Å². The van der Waals surface area contributed by atoms with Gasteiger partial charge in [-0.2, -0.15) is 9.57 Å². The monoisotopic (exact) mass is 336 g/mol. The molecule has 0 aliphatic carbocycles. The number of β-amino-alcohol motifs (C(OH)–C–C–N with tert-alkyl or cyclic N) is 1. The Labute approximate surface area is 133 Å². The zero-order chi connectivity index (χ0) is 16.6. The van der Waals surface area contributed by atoms with Gasteiger partial charge in [0.15, 0.2) is 0 Å². The van der Waals surface area contributed by atoms with E-state index in [-0.39, 0.29) is 12.6 Å². The van der Waals surface area contributed by atoms with Gasteiger partial charge in [0.1, 0.15) is 6.07 Å². The van der Waals surface area contributed by atoms with Crippen LogP contribution in [0.5, 0.6) is 0 Å². The maximum atomic E-state index is 11.5. The molecule has 1 aliphatic rings. The summed E-state index contributed by atoms with van der Waals surface area (Å²) in [6, 6.07) is 3.37. The van der Waals surface area contributed by atoms with E-state index in [0.717, 1.165) is 6.26 Å². The molecule has 1 saturated heterocycles. The first kappa shape index (κ1) is 15.7. The standard InChI is InChI=1S/C13H16N6O3S/c1-23(21,22)18-3-2-11(12(20)8-18)16-13-15-6-10-4-9(5-14)7-19(10)17-13/h4,6-7,11-12,20H,2-3,8H2,1H3,(H,16,17). The summed E-state index contributed by atoms with van der Waals surface area (Å²) in [5.74, 6) is 0.314. The van der Waals surface area contributed by atoms with Crippen LogP contribution < -0.4 is 5.32 Å². The summed E-state index contributed by atoms with van der Waals surface area (Å²) in [5.41, 5.74) is 1.18. The largest absolute Gasteiger partial charge is 0.390 e. The van der Waals surface area contributed by atoms with Gasteiger partial charge < -0.3 is 10.4 Å². The van der Waals surface area contributed by atoms with Crippen LogP contribution in [-0.4, -0.2) is 63.9 Å². The van der Waals surface area contributed by atoms with Gasteiger partial charge in [-0.05, 0) is 12.5 Å². The fraction of sp³-hybridized carbons (Fsp3) is 0.462. The zero-order valence-electron chi connectivity index (χ0n) is 12.4. The molecule has 1 aliphatic heterocycles. The van der Waals surface area contributed by atoms with Crippen molar-refractivity contribution >= 4 is 21.5 Å². The predicted molar refractivity (Wildman–Crippen MR) is 82.2 cm³/mol. The van der Waals surface area contributed by atoms with Crippen molar-refractivity contribution in [3.63, 3.8) is 0 Å². The van der Waals surface area contributed by atoms with Gasteiger partial charge in [-0.25, -0.2) is 17.9 Å². The van der Waals surface area contributed by atoms with E-state index in [1.807, 2.05) is 6.07 Å². The first-order valence-corrected chi connectivity index (χ1v) is 8.87. The number of hydrogen-bond donors (Lipinski definition) is 2. The number of rotatable bonds is 3. The second kappa shape index (κ2) is 5.77. The van der Waals surface area contributed by atoms with Gasteiger partial charge in [0.05, 0.1) is 35.7 Å². The molecule has 2 atom stereocenters. The van der Waals surface area contributed by atoms with Crippen LogP contribution in [0.15, 0.2) is 18.5 Å². The molecule has 0 bridgehead atoms. The van der Waals surface area contributed by atoms with Crippen molar-refractivity contribution in [1.82, 2.24) is 18.9 Å². The lowest BCUT2D eigenvalue weighted by atomic mass is 10.0. The number of aliphatic hydroxyl groups is 1. The minimum atomic E-state index is -3.30. The Morgan fingerprint density at radius 3 is 2.96 bits per heavy atom. The van der Waals surface area contributed by atoms with Crippen LogP contribution in [0.2, 0.25) is 0 Å². The minimum Gasteiger partial charge on any atom is -0.390 e. The number of hydrogen-bond acceptors (Lipinski definition) is 7. The predicted octanol–water partition coefficient (Wildman–Crippen LogP) is -0.592. The molecule has 1 fully saturated rings. The van der Waals surface area contributed by atoms with E-state index < -0.39 is 16.1 Å². The Morgan fingerprint density at radius 1 is 1.52 bits per heavy atom. The third-order valence-electron chi connectivity index (χ3n) is 3.81. The highest BCUT2D eigenvalue weighted by atomic mass is 32.2. The molecule has 2 aromatic rings. The third kappa shape index (κ3) is 3.26. The molecule has 9 nitrogen and oxygen atoms in total. The fourth-order valence-corrected chi connectivity index (χ4v) is 3.43. The number of aliphatic hydroxyl groups excluding tert-OH is 1. The first-order valence-electron chi connectivity index (χ1n) is 7.02. The highest BCUT2D eigenvalue weighted by molar-refractivity contribution is 7.88. The van der Waals surface area contributed by atoms with Crippen molar-refractivity contribution in [2.45, 2.75) is 18.6 Å². The molecule has 3 rings (SSSR count). The molecule has 10 heteroatoms. The summed E-state index contributed by atoms with van der Waals surface area (Å²) in [5, 5.41) is 26.3. The Kier molecular flexibility index (Phi) is 3.93. The Bertz CT molecular complexity index is 871. The normalized spacial score (nSPS) is 22.8. The SMILES string of the molecule is CS(=O)(=O)N1CCC(Nc2ncc3cc(C#N)cn3n2)C(O)C1. The molecule has 122 valence electrons. The van der Waals surface area contributed by atoms with Crippen molar-refractivity contribution in [1.29, 1.82) is 5.26 Å². The summed E-state index contributed by atoms with van der Waals surface area (Å²) < 4.78 is 25.8. The van der Waals surface area contributed by atoms with Gasteiger partial charge in [0.25, 0.3) is 0 Å². The molecule has 23 heavy (non-hydrogen) atoms. The number of sulfonamides is 1. The Balaban J connectivity index is 1.74. The zero-order valence-corrected chi connectivity index (χ0v) is 13.2. The van der Waals surface area contributed by atoms with Gasteiger partial charge in [0, 0.05) is 19.3 Å². The van der Waals surface area contributed by atoms with E-state index in [2.05, 4.69) is 15.4 Å². The third-order valence-corrected chi connectivity index (χ3v) is 5.08. The first-order chi connectivity index (χ1) is 10.9. The summed E-state index contributed by atoms with van der Waals surface area (Å²) in [4.78, 5) is 4.16. The number of nitrogens with one attached hydrogen (secondary N) is 1. The van der Waals surface area contributed by atoms with Gasteiger partial charge in [-0.15, -0.1) is 5.10 Å². The molecule has 0 aromatic carbocycles. The number of nitrogens with zero attached hydrogens (tertiary/aromatic N) is 5. The van der Waals surface area contributed by atoms with Crippen LogP contribution in [-0.2, 0) is 10.0 Å². The average Bonchev–Trinajstić information content (AvgIpc) is 2.90. The average molecular weight is 336 g/mol. The van der Waals surface area contributed by atoms with Crippen LogP contribution in [0.4, 0.5) is 5.95 Å². The summed E-state index contributed by atoms with van der Waals surface area (Å²) in [6.45, 7) is 0.374. The maximum Gasteiger partial charge on any atom is 0.241 e. The molecule has 0 radical (unpaired) electrons. The van der Waals surface area contributed by atoms with Gasteiger partial charge in [-0.3, -0.25) is 0 Å². The molecule has 0 saturated carbocycles. The number of anilines is 1. The van der Waals surface area contributed by atoms with E-state index in [9.17, 15) is 13.5 Å². The van der Waals surface area contributed by atoms with Crippen molar-refractivity contribution in [2.75, 3.05) is 24.7 Å². The lowest BCUT2D eigenvalue weighted by Gasteiger charge is -2.34.